The molecule has 2 aliphatic rings. The number of rotatable bonds is 6. The molecule has 3 N–H and O–H groups in total. The number of β-lactam (4-membered cyclic amide) rings is 1. The van der Waals surface area contributed by atoms with Crippen LogP contribution in [-0.2, 0) is 19.1 Å². The average molecular weight is 438 g/mol. The van der Waals surface area contributed by atoms with Gasteiger partial charge in [0.1, 0.15) is 21.9 Å². The summed E-state index contributed by atoms with van der Waals surface area (Å²) in [6.07, 6.45) is 0.521. The Kier molecular flexibility index (Phi) is 5.60. The van der Waals surface area contributed by atoms with Gasteiger partial charge in [-0.25, -0.2) is 4.79 Å². The predicted molar refractivity (Wildman–Crippen MR) is 118 cm³/mol. The number of carbonyl (C=O) groups is 2. The largest absolute Gasteiger partial charge is 0.497 e. The quantitative estimate of drug-likeness (QED) is 0.409. The molecule has 2 aromatic carbocycles. The zero-order valence-electron chi connectivity index (χ0n) is 17.1. The first-order valence-corrected chi connectivity index (χ1v) is 10.7. The number of nitrogens with two attached hydrogens (primary N) is 1. The number of fused-ring (bicyclic) bond motifs is 1. The molecular formula is C23H23N3O4S. The maximum absolute atomic E-state index is 13.5. The first-order chi connectivity index (χ1) is 14.9. The second-order valence-electron chi connectivity index (χ2n) is 7.48. The SMILES string of the molecule is COC1=C(C(=O)OC(c2ccccc2)c2ccccc2)N2C(=O)C(N)[C@H]2S[C@@]1(C)C=N. The van der Waals surface area contributed by atoms with E-state index in [2.05, 4.69) is 0 Å². The summed E-state index contributed by atoms with van der Waals surface area (Å²) in [7, 11) is 1.42. The summed E-state index contributed by atoms with van der Waals surface area (Å²) in [5.41, 5.74) is 7.58. The molecule has 1 fully saturated rings. The molecule has 1 amide bonds. The molecule has 0 radical (unpaired) electrons. The Labute approximate surface area is 184 Å². The zero-order chi connectivity index (χ0) is 22.2. The van der Waals surface area contributed by atoms with Crippen molar-refractivity contribution in [1.29, 1.82) is 5.41 Å². The van der Waals surface area contributed by atoms with Crippen LogP contribution in [0.15, 0.2) is 72.1 Å². The van der Waals surface area contributed by atoms with Gasteiger partial charge in [-0.15, -0.1) is 11.8 Å². The highest BCUT2D eigenvalue weighted by Crippen LogP contribution is 2.49. The molecule has 7 nitrogen and oxygen atoms in total. The van der Waals surface area contributed by atoms with E-state index >= 15 is 0 Å². The topological polar surface area (TPSA) is 106 Å². The van der Waals surface area contributed by atoms with Gasteiger partial charge in [0.2, 0.25) is 5.91 Å². The number of benzene rings is 2. The van der Waals surface area contributed by atoms with Crippen LogP contribution < -0.4 is 5.73 Å². The minimum absolute atomic E-state index is 0.000752. The van der Waals surface area contributed by atoms with Crippen molar-refractivity contribution in [2.75, 3.05) is 7.11 Å². The Morgan fingerprint density at radius 3 is 2.19 bits per heavy atom. The van der Waals surface area contributed by atoms with E-state index in [9.17, 15) is 9.59 Å². The molecule has 1 unspecified atom stereocenters. The predicted octanol–water partition coefficient (Wildman–Crippen LogP) is 2.83. The number of nitrogens with one attached hydrogen (secondary N) is 1. The van der Waals surface area contributed by atoms with Crippen molar-refractivity contribution in [3.8, 4) is 0 Å². The standard InChI is InChI=1S/C23H23N3O4S/c1-23(13-24)19(29-2)17(26-20(27)16(25)21(26)31-23)22(28)30-18(14-9-5-3-6-10-14)15-11-7-4-8-12-15/h3-13,16,18,21,24H,25H2,1-2H3/t16?,21-,23+/m1/s1. The van der Waals surface area contributed by atoms with E-state index in [-0.39, 0.29) is 17.4 Å². The Hall–Kier alpha value is -3.10. The van der Waals surface area contributed by atoms with Gasteiger partial charge in [-0.1, -0.05) is 60.7 Å². The fraction of sp³-hybridized carbons (Fsp3) is 0.261. The van der Waals surface area contributed by atoms with Crippen LogP contribution >= 0.6 is 11.8 Å². The van der Waals surface area contributed by atoms with E-state index in [1.54, 1.807) is 6.92 Å². The van der Waals surface area contributed by atoms with Crippen molar-refractivity contribution in [3.05, 3.63) is 83.2 Å². The Morgan fingerprint density at radius 2 is 1.71 bits per heavy atom. The minimum Gasteiger partial charge on any atom is -0.497 e. The van der Waals surface area contributed by atoms with Crippen LogP contribution in [0.2, 0.25) is 0 Å². The van der Waals surface area contributed by atoms with Crippen molar-refractivity contribution in [3.63, 3.8) is 0 Å². The number of carbonyl (C=O) groups excluding carboxylic acids is 2. The first kappa shape index (κ1) is 21.1. The van der Waals surface area contributed by atoms with Crippen LogP contribution in [0.5, 0.6) is 0 Å². The normalized spacial score (nSPS) is 25.0. The average Bonchev–Trinajstić information content (AvgIpc) is 2.82. The van der Waals surface area contributed by atoms with Crippen molar-refractivity contribution >= 4 is 29.9 Å². The molecular weight excluding hydrogens is 414 g/mol. The molecule has 3 atom stereocenters. The number of hydrogen-bond acceptors (Lipinski definition) is 7. The molecule has 0 aromatic heterocycles. The van der Waals surface area contributed by atoms with E-state index in [0.29, 0.717) is 0 Å². The van der Waals surface area contributed by atoms with Crippen LogP contribution in [0, 0.1) is 5.41 Å². The van der Waals surface area contributed by atoms with Crippen LogP contribution in [0.25, 0.3) is 0 Å². The van der Waals surface area contributed by atoms with Gasteiger partial charge in [0.05, 0.1) is 7.11 Å². The van der Waals surface area contributed by atoms with Gasteiger partial charge in [0, 0.05) is 6.21 Å². The third kappa shape index (κ3) is 3.51. The molecule has 0 saturated carbocycles. The summed E-state index contributed by atoms with van der Waals surface area (Å²) < 4.78 is 10.6. The van der Waals surface area contributed by atoms with E-state index < -0.39 is 28.2 Å². The second-order valence-corrected chi connectivity index (χ2v) is 9.05. The minimum atomic E-state index is -0.947. The molecule has 8 heteroatoms. The summed E-state index contributed by atoms with van der Waals surface area (Å²) in [4.78, 5) is 27.3. The lowest BCUT2D eigenvalue weighted by Gasteiger charge is -2.51. The molecule has 2 aromatic rings. The third-order valence-corrected chi connectivity index (χ3v) is 7.00. The Morgan fingerprint density at radius 1 is 1.16 bits per heavy atom. The van der Waals surface area contributed by atoms with Gasteiger partial charge in [-0.2, -0.15) is 0 Å². The van der Waals surface area contributed by atoms with Crippen LogP contribution in [0.1, 0.15) is 24.2 Å². The van der Waals surface area contributed by atoms with Gasteiger partial charge in [0.15, 0.2) is 11.8 Å². The molecule has 160 valence electrons. The number of thioether (sulfide) groups is 1. The summed E-state index contributed by atoms with van der Waals surface area (Å²) >= 11 is 1.31. The number of esters is 1. The molecule has 0 aliphatic carbocycles. The lowest BCUT2D eigenvalue weighted by atomic mass is 10.00. The smallest absolute Gasteiger partial charge is 0.359 e. The summed E-state index contributed by atoms with van der Waals surface area (Å²) in [6, 6.07) is 18.0. The highest BCUT2D eigenvalue weighted by atomic mass is 32.2. The first-order valence-electron chi connectivity index (χ1n) is 9.79. The maximum atomic E-state index is 13.5. The van der Waals surface area contributed by atoms with Crippen LogP contribution in [0.3, 0.4) is 0 Å². The number of nitrogens with zero attached hydrogens (tertiary/aromatic N) is 1. The second kappa shape index (κ2) is 8.20. The van der Waals surface area contributed by atoms with Gasteiger partial charge >= 0.3 is 5.97 Å². The lowest BCUT2D eigenvalue weighted by Crippen LogP contribution is -2.70. The van der Waals surface area contributed by atoms with Crippen molar-refractivity contribution < 1.29 is 19.1 Å². The van der Waals surface area contributed by atoms with Gasteiger partial charge in [0.25, 0.3) is 0 Å². The monoisotopic (exact) mass is 437 g/mol. The molecule has 31 heavy (non-hydrogen) atoms. The fourth-order valence-corrected chi connectivity index (χ4v) is 5.27. The van der Waals surface area contributed by atoms with Crippen LogP contribution in [0.4, 0.5) is 0 Å². The molecule has 2 heterocycles. The molecule has 4 rings (SSSR count). The lowest BCUT2D eigenvalue weighted by molar-refractivity contribution is -0.153. The fourth-order valence-electron chi connectivity index (χ4n) is 3.84. The molecule has 2 aliphatic heterocycles. The third-order valence-electron chi connectivity index (χ3n) is 5.46. The Bertz CT molecular complexity index is 1000. The number of amides is 1. The van der Waals surface area contributed by atoms with Crippen molar-refractivity contribution in [2.24, 2.45) is 5.73 Å². The van der Waals surface area contributed by atoms with Crippen LogP contribution in [-0.4, -0.2) is 46.3 Å². The van der Waals surface area contributed by atoms with Crippen molar-refractivity contribution in [1.82, 2.24) is 4.90 Å². The van der Waals surface area contributed by atoms with E-state index in [4.69, 9.17) is 20.6 Å². The highest BCUT2D eigenvalue weighted by Gasteiger charge is 2.58. The summed E-state index contributed by atoms with van der Waals surface area (Å²) in [5, 5.41) is 7.44. The highest BCUT2D eigenvalue weighted by molar-refractivity contribution is 8.02. The number of methoxy groups -OCH3 is 1. The zero-order valence-corrected chi connectivity index (χ0v) is 18.0. The Balaban J connectivity index is 1.77. The molecule has 1 saturated heterocycles. The summed E-state index contributed by atoms with van der Waals surface area (Å²) in [6.45, 7) is 1.76. The van der Waals surface area contributed by atoms with E-state index in [1.807, 2.05) is 60.7 Å². The van der Waals surface area contributed by atoms with Gasteiger partial charge in [-0.05, 0) is 18.1 Å². The van der Waals surface area contributed by atoms with Gasteiger partial charge in [-0.3, -0.25) is 9.69 Å². The van der Waals surface area contributed by atoms with Crippen molar-refractivity contribution in [2.45, 2.75) is 29.2 Å². The number of hydrogen-bond donors (Lipinski definition) is 2. The number of ether oxygens (including phenoxy) is 2. The summed E-state index contributed by atoms with van der Waals surface area (Å²) in [5.74, 6) is -0.871. The maximum Gasteiger partial charge on any atom is 0.359 e. The molecule has 0 bridgehead atoms. The van der Waals surface area contributed by atoms with E-state index in [0.717, 1.165) is 11.1 Å². The van der Waals surface area contributed by atoms with Gasteiger partial charge < -0.3 is 20.6 Å². The van der Waals surface area contributed by atoms with E-state index in [1.165, 1.54) is 30.0 Å². The molecule has 0 spiro atoms.